The monoisotopic (exact) mass is 467 g/mol. The molecule has 4 aromatic rings. The van der Waals surface area contributed by atoms with E-state index in [1.54, 1.807) is 0 Å². The smallest absolute Gasteiger partial charge is 0.318 e. The van der Waals surface area contributed by atoms with E-state index in [9.17, 15) is 4.79 Å². The number of hydrogen-bond donors (Lipinski definition) is 1. The minimum absolute atomic E-state index is 0.0224. The standard InChI is InChI=1S/C29H29N3OS/c1-20-13-15-22(16-14-20)27-25-11-7-17-31(25)28-24(23-10-5-6-12-26(23)34-28)19-32(27)29(33)30-18-21-8-3-2-4-9-21/h2-4,7-9,11,13-17,27H,5-6,10,12,18-19H2,1H3,(H,30,33)/t27-/m0/s1. The summed E-state index contributed by atoms with van der Waals surface area (Å²) in [5.74, 6) is 0. The number of nitrogens with zero attached hydrogens (tertiary/aromatic N) is 2. The van der Waals surface area contributed by atoms with Gasteiger partial charge in [0.25, 0.3) is 0 Å². The number of aromatic nitrogens is 1. The molecule has 0 saturated carbocycles. The molecular formula is C29H29N3OS. The lowest BCUT2D eigenvalue weighted by molar-refractivity contribution is 0.180. The van der Waals surface area contributed by atoms with Crippen molar-refractivity contribution in [1.29, 1.82) is 0 Å². The maximum absolute atomic E-state index is 13.8. The van der Waals surface area contributed by atoms with E-state index in [1.165, 1.54) is 39.4 Å². The van der Waals surface area contributed by atoms with Gasteiger partial charge >= 0.3 is 6.03 Å². The van der Waals surface area contributed by atoms with Crippen LogP contribution in [0.2, 0.25) is 0 Å². The molecule has 0 saturated heterocycles. The largest absolute Gasteiger partial charge is 0.334 e. The Hall–Kier alpha value is -3.31. The molecule has 0 spiro atoms. The van der Waals surface area contributed by atoms with Crippen LogP contribution in [0.5, 0.6) is 0 Å². The highest BCUT2D eigenvalue weighted by atomic mass is 32.1. The molecular weight excluding hydrogens is 438 g/mol. The predicted octanol–water partition coefficient (Wildman–Crippen LogP) is 6.54. The van der Waals surface area contributed by atoms with Crippen LogP contribution in [0.1, 0.15) is 57.3 Å². The minimum atomic E-state index is -0.148. The molecule has 0 unspecified atom stereocenters. The lowest BCUT2D eigenvalue weighted by Crippen LogP contribution is -2.41. The summed E-state index contributed by atoms with van der Waals surface area (Å²) >= 11 is 1.93. The number of nitrogens with one attached hydrogen (secondary N) is 1. The molecule has 2 aromatic carbocycles. The van der Waals surface area contributed by atoms with Crippen molar-refractivity contribution in [3.8, 4) is 5.00 Å². The molecule has 0 radical (unpaired) electrons. The normalized spacial score (nSPS) is 16.9. The van der Waals surface area contributed by atoms with Gasteiger partial charge in [-0.05, 0) is 61.4 Å². The maximum Gasteiger partial charge on any atom is 0.318 e. The summed E-state index contributed by atoms with van der Waals surface area (Å²) in [5.41, 5.74) is 7.44. The molecule has 1 N–H and O–H groups in total. The molecule has 3 heterocycles. The third-order valence-corrected chi connectivity index (χ3v) is 8.45. The summed E-state index contributed by atoms with van der Waals surface area (Å²) in [7, 11) is 0. The van der Waals surface area contributed by atoms with Gasteiger partial charge in [-0.3, -0.25) is 0 Å². The molecule has 34 heavy (non-hydrogen) atoms. The first kappa shape index (κ1) is 21.2. The number of carbonyl (C=O) groups is 1. The molecule has 2 amide bonds. The van der Waals surface area contributed by atoms with E-state index in [-0.39, 0.29) is 12.1 Å². The number of amides is 2. The Labute approximate surface area is 204 Å². The number of thiophene rings is 1. The highest BCUT2D eigenvalue weighted by molar-refractivity contribution is 7.15. The molecule has 172 valence electrons. The van der Waals surface area contributed by atoms with Crippen LogP contribution in [-0.2, 0) is 25.9 Å². The third kappa shape index (κ3) is 3.74. The van der Waals surface area contributed by atoms with Gasteiger partial charge < -0.3 is 14.8 Å². The zero-order chi connectivity index (χ0) is 23.1. The van der Waals surface area contributed by atoms with Gasteiger partial charge in [-0.15, -0.1) is 11.3 Å². The first-order valence-electron chi connectivity index (χ1n) is 12.1. The van der Waals surface area contributed by atoms with E-state index in [1.807, 2.05) is 34.4 Å². The van der Waals surface area contributed by atoms with E-state index in [2.05, 4.69) is 71.5 Å². The number of benzene rings is 2. The van der Waals surface area contributed by atoms with Gasteiger partial charge in [-0.25, -0.2) is 4.79 Å². The Kier molecular flexibility index (Phi) is 5.50. The highest BCUT2D eigenvalue weighted by Gasteiger charge is 2.35. The molecule has 1 atom stereocenters. The van der Waals surface area contributed by atoms with Gasteiger partial charge in [0.15, 0.2) is 0 Å². The number of aryl methyl sites for hydroxylation is 2. The van der Waals surface area contributed by atoms with Crippen molar-refractivity contribution in [2.75, 3.05) is 0 Å². The number of rotatable bonds is 3. The molecule has 0 fully saturated rings. The Morgan fingerprint density at radius 2 is 1.76 bits per heavy atom. The molecule has 1 aliphatic heterocycles. The molecule has 5 heteroatoms. The summed E-state index contributed by atoms with van der Waals surface area (Å²) in [4.78, 5) is 17.4. The lowest BCUT2D eigenvalue weighted by Gasteiger charge is -2.31. The summed E-state index contributed by atoms with van der Waals surface area (Å²) in [6.07, 6.45) is 6.94. The van der Waals surface area contributed by atoms with E-state index in [0.717, 1.165) is 29.7 Å². The second-order valence-electron chi connectivity index (χ2n) is 9.38. The van der Waals surface area contributed by atoms with Crippen LogP contribution in [0.25, 0.3) is 5.00 Å². The van der Waals surface area contributed by atoms with Crippen molar-refractivity contribution in [1.82, 2.24) is 14.8 Å². The Balaban J connectivity index is 1.44. The summed E-state index contributed by atoms with van der Waals surface area (Å²) in [6, 6.07) is 22.9. The van der Waals surface area contributed by atoms with Crippen molar-refractivity contribution in [3.63, 3.8) is 0 Å². The Morgan fingerprint density at radius 3 is 2.59 bits per heavy atom. The summed E-state index contributed by atoms with van der Waals surface area (Å²) in [6.45, 7) is 3.25. The zero-order valence-electron chi connectivity index (χ0n) is 19.5. The topological polar surface area (TPSA) is 37.3 Å². The zero-order valence-corrected chi connectivity index (χ0v) is 20.3. The fourth-order valence-corrected chi connectivity index (χ4v) is 6.77. The molecule has 1 aliphatic carbocycles. The average Bonchev–Trinajstić information content (AvgIpc) is 3.46. The minimum Gasteiger partial charge on any atom is -0.334 e. The van der Waals surface area contributed by atoms with Crippen molar-refractivity contribution in [2.24, 2.45) is 0 Å². The second-order valence-corrected chi connectivity index (χ2v) is 10.5. The van der Waals surface area contributed by atoms with Gasteiger partial charge in [0.1, 0.15) is 5.00 Å². The highest BCUT2D eigenvalue weighted by Crippen LogP contribution is 2.44. The van der Waals surface area contributed by atoms with Gasteiger partial charge in [-0.1, -0.05) is 60.2 Å². The average molecular weight is 468 g/mol. The van der Waals surface area contributed by atoms with Crippen molar-refractivity contribution >= 4 is 17.4 Å². The third-order valence-electron chi connectivity index (χ3n) is 7.12. The van der Waals surface area contributed by atoms with E-state index in [4.69, 9.17) is 0 Å². The van der Waals surface area contributed by atoms with E-state index < -0.39 is 0 Å². The summed E-state index contributed by atoms with van der Waals surface area (Å²) in [5, 5.41) is 4.51. The van der Waals surface area contributed by atoms with Crippen molar-refractivity contribution in [3.05, 3.63) is 111 Å². The van der Waals surface area contributed by atoms with Crippen LogP contribution in [0.15, 0.2) is 72.9 Å². The predicted molar refractivity (Wildman–Crippen MR) is 138 cm³/mol. The van der Waals surface area contributed by atoms with Crippen LogP contribution in [0, 0.1) is 6.92 Å². The van der Waals surface area contributed by atoms with Crippen LogP contribution in [0.3, 0.4) is 0 Å². The summed E-state index contributed by atoms with van der Waals surface area (Å²) < 4.78 is 2.34. The molecule has 6 rings (SSSR count). The van der Waals surface area contributed by atoms with Gasteiger partial charge in [0, 0.05) is 23.2 Å². The number of urea groups is 1. The molecule has 2 aliphatic rings. The first-order valence-corrected chi connectivity index (χ1v) is 13.0. The maximum atomic E-state index is 13.8. The van der Waals surface area contributed by atoms with Crippen molar-refractivity contribution < 1.29 is 4.79 Å². The first-order chi connectivity index (χ1) is 16.7. The van der Waals surface area contributed by atoms with Crippen molar-refractivity contribution in [2.45, 2.75) is 51.7 Å². The number of hydrogen-bond acceptors (Lipinski definition) is 2. The Bertz CT molecular complexity index is 1320. The van der Waals surface area contributed by atoms with Crippen LogP contribution >= 0.6 is 11.3 Å². The van der Waals surface area contributed by atoms with E-state index >= 15 is 0 Å². The molecule has 2 aromatic heterocycles. The fraction of sp³-hybridized carbons (Fsp3) is 0.276. The van der Waals surface area contributed by atoms with Crippen LogP contribution in [0.4, 0.5) is 4.79 Å². The lowest BCUT2D eigenvalue weighted by atomic mass is 9.95. The van der Waals surface area contributed by atoms with E-state index in [0.29, 0.717) is 13.1 Å². The fourth-order valence-electron chi connectivity index (χ4n) is 5.36. The van der Waals surface area contributed by atoms with Gasteiger partial charge in [0.2, 0.25) is 0 Å². The SMILES string of the molecule is Cc1ccc([C@H]2c3cccn3-c3sc4c(c3CN2C(=O)NCc2ccccc2)CCCC4)cc1. The van der Waals surface area contributed by atoms with Crippen LogP contribution in [-0.4, -0.2) is 15.5 Å². The second kappa shape index (κ2) is 8.80. The molecule has 0 bridgehead atoms. The number of fused-ring (bicyclic) bond motifs is 5. The number of carbonyl (C=O) groups excluding carboxylic acids is 1. The van der Waals surface area contributed by atoms with Gasteiger partial charge in [-0.2, -0.15) is 0 Å². The quantitative estimate of drug-likeness (QED) is 0.365. The Morgan fingerprint density at radius 1 is 0.971 bits per heavy atom. The van der Waals surface area contributed by atoms with Gasteiger partial charge in [0.05, 0.1) is 18.3 Å². The van der Waals surface area contributed by atoms with Crippen LogP contribution < -0.4 is 5.32 Å². The molecule has 4 nitrogen and oxygen atoms in total.